The second kappa shape index (κ2) is 7.01. The number of carbonyl (C=O) groups is 1. The summed E-state index contributed by atoms with van der Waals surface area (Å²) in [7, 11) is -1.54. The topological polar surface area (TPSA) is 75.7 Å². The number of hydrogen-bond acceptors (Lipinski definition) is 4. The summed E-state index contributed by atoms with van der Waals surface area (Å²) in [6.45, 7) is 1.07. The monoisotopic (exact) mass is 362 g/mol. The third kappa shape index (κ3) is 3.93. The summed E-state index contributed by atoms with van der Waals surface area (Å²) in [5.41, 5.74) is 1.14. The maximum Gasteiger partial charge on any atom is 0.225 e. The Bertz CT molecular complexity index is 889. The first kappa shape index (κ1) is 17.7. The Labute approximate surface area is 147 Å². The van der Waals surface area contributed by atoms with E-state index in [0.29, 0.717) is 13.0 Å². The largest absolute Gasteiger partial charge is 0.497 e. The van der Waals surface area contributed by atoms with Gasteiger partial charge in [0.25, 0.3) is 0 Å². The van der Waals surface area contributed by atoms with Crippen molar-refractivity contribution in [3.8, 4) is 5.75 Å². The van der Waals surface area contributed by atoms with E-state index in [1.54, 1.807) is 7.11 Å². The fourth-order valence-electron chi connectivity index (χ4n) is 3.00. The van der Waals surface area contributed by atoms with Crippen molar-refractivity contribution in [2.24, 2.45) is 5.92 Å². The van der Waals surface area contributed by atoms with Crippen molar-refractivity contribution in [2.45, 2.75) is 6.42 Å². The molecule has 1 aliphatic rings. The highest BCUT2D eigenvalue weighted by molar-refractivity contribution is 7.88. The molecule has 7 heteroatoms. The van der Waals surface area contributed by atoms with Crippen LogP contribution in [0.1, 0.15) is 5.56 Å². The summed E-state index contributed by atoms with van der Waals surface area (Å²) < 4.78 is 29.3. The molecule has 3 rings (SSSR count). The van der Waals surface area contributed by atoms with Gasteiger partial charge in [0.2, 0.25) is 15.9 Å². The molecule has 1 heterocycles. The molecule has 0 unspecified atom stereocenters. The zero-order chi connectivity index (χ0) is 18.0. The van der Waals surface area contributed by atoms with Gasteiger partial charge in [-0.15, -0.1) is 0 Å². The maximum atomic E-state index is 12.1. The lowest BCUT2D eigenvalue weighted by molar-refractivity contribution is -0.128. The Morgan fingerprint density at radius 1 is 1.28 bits per heavy atom. The smallest absolute Gasteiger partial charge is 0.225 e. The molecule has 1 N–H and O–H groups in total. The van der Waals surface area contributed by atoms with Crippen LogP contribution in [-0.2, 0) is 21.2 Å². The lowest BCUT2D eigenvalue weighted by Gasteiger charge is -2.35. The minimum absolute atomic E-state index is 0.0854. The van der Waals surface area contributed by atoms with E-state index < -0.39 is 10.0 Å². The van der Waals surface area contributed by atoms with E-state index in [2.05, 4.69) is 5.32 Å². The highest BCUT2D eigenvalue weighted by Crippen LogP contribution is 2.24. The number of nitrogens with one attached hydrogen (secondary N) is 1. The Kier molecular flexibility index (Phi) is 4.96. The van der Waals surface area contributed by atoms with Crippen molar-refractivity contribution in [3.63, 3.8) is 0 Å². The lowest BCUT2D eigenvalue weighted by atomic mass is 10.0. The number of sulfonamides is 1. The lowest BCUT2D eigenvalue weighted by Crippen LogP contribution is -2.55. The van der Waals surface area contributed by atoms with Crippen molar-refractivity contribution in [1.82, 2.24) is 9.62 Å². The third-order valence-corrected chi connectivity index (χ3v) is 5.80. The number of ether oxygens (including phenoxy) is 1. The minimum Gasteiger partial charge on any atom is -0.497 e. The third-order valence-electron chi connectivity index (χ3n) is 4.56. The Balaban J connectivity index is 1.58. The number of nitrogens with zero attached hydrogens (tertiary/aromatic N) is 1. The number of rotatable bonds is 6. The Hall–Kier alpha value is -2.12. The molecular formula is C18H22N2O4S. The molecular weight excluding hydrogens is 340 g/mol. The molecule has 1 fully saturated rings. The molecule has 6 nitrogen and oxygen atoms in total. The summed E-state index contributed by atoms with van der Waals surface area (Å²) in [6.07, 6.45) is 1.87. The Morgan fingerprint density at radius 2 is 2.04 bits per heavy atom. The van der Waals surface area contributed by atoms with E-state index in [4.69, 9.17) is 4.74 Å². The molecule has 2 aromatic carbocycles. The Morgan fingerprint density at radius 3 is 2.72 bits per heavy atom. The number of benzene rings is 2. The van der Waals surface area contributed by atoms with E-state index in [1.807, 2.05) is 36.4 Å². The highest BCUT2D eigenvalue weighted by atomic mass is 32.2. The first-order chi connectivity index (χ1) is 11.9. The molecule has 1 saturated heterocycles. The average molecular weight is 362 g/mol. The number of hydrogen-bond donors (Lipinski definition) is 1. The zero-order valence-corrected chi connectivity index (χ0v) is 15.2. The van der Waals surface area contributed by atoms with Crippen LogP contribution in [0.3, 0.4) is 0 Å². The molecule has 0 spiro atoms. The summed E-state index contributed by atoms with van der Waals surface area (Å²) in [5, 5.41) is 5.15. The van der Waals surface area contributed by atoms with Gasteiger partial charge in [-0.3, -0.25) is 4.79 Å². The van der Waals surface area contributed by atoms with Crippen molar-refractivity contribution in [1.29, 1.82) is 0 Å². The van der Waals surface area contributed by atoms with Crippen molar-refractivity contribution >= 4 is 26.7 Å². The van der Waals surface area contributed by atoms with Gasteiger partial charge in [0.15, 0.2) is 0 Å². The van der Waals surface area contributed by atoms with Gasteiger partial charge in [0, 0.05) is 19.6 Å². The quantitative estimate of drug-likeness (QED) is 0.843. The molecule has 0 radical (unpaired) electrons. The van der Waals surface area contributed by atoms with Crippen LogP contribution in [0.15, 0.2) is 36.4 Å². The number of methoxy groups -OCH3 is 1. The molecule has 2 aromatic rings. The normalized spacial score (nSPS) is 15.8. The molecule has 25 heavy (non-hydrogen) atoms. The first-order valence-electron chi connectivity index (χ1n) is 8.17. The van der Waals surface area contributed by atoms with Gasteiger partial charge >= 0.3 is 0 Å². The summed E-state index contributed by atoms with van der Waals surface area (Å²) in [5.74, 6) is 0.472. The van der Waals surface area contributed by atoms with Crippen LogP contribution < -0.4 is 10.1 Å². The van der Waals surface area contributed by atoms with Gasteiger partial charge in [-0.25, -0.2) is 12.7 Å². The van der Waals surface area contributed by atoms with E-state index in [0.717, 1.165) is 28.3 Å². The second-order valence-corrected chi connectivity index (χ2v) is 8.30. The van der Waals surface area contributed by atoms with Gasteiger partial charge in [-0.2, -0.15) is 0 Å². The van der Waals surface area contributed by atoms with Crippen LogP contribution in [-0.4, -0.2) is 51.6 Å². The van der Waals surface area contributed by atoms with E-state index >= 15 is 0 Å². The van der Waals surface area contributed by atoms with Gasteiger partial charge < -0.3 is 10.1 Å². The summed E-state index contributed by atoms with van der Waals surface area (Å²) in [6, 6.07) is 12.0. The number of carbonyl (C=O) groups excluding carboxylic acids is 1. The average Bonchev–Trinajstić information content (AvgIpc) is 2.51. The molecule has 134 valence electrons. The highest BCUT2D eigenvalue weighted by Gasteiger charge is 2.37. The molecule has 0 bridgehead atoms. The van der Waals surface area contributed by atoms with Crippen LogP contribution in [0.25, 0.3) is 10.8 Å². The first-order valence-corrected chi connectivity index (χ1v) is 10.0. The SMILES string of the molecule is COc1ccc2cccc(CCNC(=O)C3CN(S(C)(=O)=O)C3)c2c1. The van der Waals surface area contributed by atoms with Gasteiger partial charge in [-0.05, 0) is 34.9 Å². The van der Waals surface area contributed by atoms with Crippen molar-refractivity contribution in [2.75, 3.05) is 33.0 Å². The summed E-state index contributed by atoms with van der Waals surface area (Å²) >= 11 is 0. The van der Waals surface area contributed by atoms with Crippen LogP contribution in [0, 0.1) is 5.92 Å². The molecule has 0 aliphatic carbocycles. The van der Waals surface area contributed by atoms with Gasteiger partial charge in [0.05, 0.1) is 19.3 Å². The number of fused-ring (bicyclic) bond motifs is 1. The minimum atomic E-state index is -3.19. The molecule has 0 atom stereocenters. The molecule has 1 amide bonds. The fraction of sp³-hybridized carbons (Fsp3) is 0.389. The van der Waals surface area contributed by atoms with E-state index in [1.165, 1.54) is 4.31 Å². The van der Waals surface area contributed by atoms with E-state index in [9.17, 15) is 13.2 Å². The van der Waals surface area contributed by atoms with Crippen LogP contribution in [0.5, 0.6) is 5.75 Å². The van der Waals surface area contributed by atoms with Crippen LogP contribution in [0.2, 0.25) is 0 Å². The molecule has 0 aromatic heterocycles. The van der Waals surface area contributed by atoms with Crippen LogP contribution in [0.4, 0.5) is 0 Å². The van der Waals surface area contributed by atoms with Crippen molar-refractivity contribution < 1.29 is 17.9 Å². The second-order valence-electron chi connectivity index (χ2n) is 6.32. The standard InChI is InChI=1S/C18H22N2O4S/c1-24-16-7-6-13-4-3-5-14(17(13)10-16)8-9-19-18(21)15-11-20(12-15)25(2,22)23/h3-7,10,15H,8-9,11-12H2,1-2H3,(H,19,21). The number of amides is 1. The molecule has 0 saturated carbocycles. The van der Waals surface area contributed by atoms with E-state index in [-0.39, 0.29) is 24.9 Å². The predicted molar refractivity (Wildman–Crippen MR) is 97.1 cm³/mol. The van der Waals surface area contributed by atoms with Crippen molar-refractivity contribution in [3.05, 3.63) is 42.0 Å². The molecule has 1 aliphatic heterocycles. The summed E-state index contributed by atoms with van der Waals surface area (Å²) in [4.78, 5) is 12.1. The van der Waals surface area contributed by atoms with Gasteiger partial charge in [-0.1, -0.05) is 24.3 Å². The van der Waals surface area contributed by atoms with Crippen LogP contribution >= 0.6 is 0 Å². The predicted octanol–water partition coefficient (Wildman–Crippen LogP) is 1.40. The fourth-order valence-corrected chi connectivity index (χ4v) is 3.90. The zero-order valence-electron chi connectivity index (χ0n) is 14.4. The maximum absolute atomic E-state index is 12.1. The van der Waals surface area contributed by atoms with Gasteiger partial charge in [0.1, 0.15) is 5.75 Å².